The van der Waals surface area contributed by atoms with Gasteiger partial charge in [-0.25, -0.2) is 4.79 Å². The van der Waals surface area contributed by atoms with Gasteiger partial charge in [0.2, 0.25) is 5.91 Å². The zero-order valence-corrected chi connectivity index (χ0v) is 36.5. The second kappa shape index (κ2) is 23.3. The van der Waals surface area contributed by atoms with Gasteiger partial charge in [0.05, 0.1) is 22.6 Å². The fourth-order valence-electron chi connectivity index (χ4n) is 4.56. The van der Waals surface area contributed by atoms with Crippen LogP contribution in [0.3, 0.4) is 0 Å². The SMILES string of the molecule is CCCOC(=O)COCC(=O)NC1(C(=O)NCC(OC(C)=O)C(OC(C)=O)C(OC(C)=O)C(COC(C)=O)OC(C)=O)C(I)=C(C(=O)Cl)C(I)=CC1I. The van der Waals surface area contributed by atoms with E-state index in [1.54, 1.807) is 29.5 Å². The van der Waals surface area contributed by atoms with Crippen LogP contribution in [-0.4, -0.2) is 120 Å². The zero-order valence-electron chi connectivity index (χ0n) is 29.3. The monoisotopic (exact) mass is 1110 g/mol. The van der Waals surface area contributed by atoms with Gasteiger partial charge in [0.15, 0.2) is 30.0 Å². The van der Waals surface area contributed by atoms with Gasteiger partial charge in [0, 0.05) is 41.8 Å². The molecule has 0 aromatic rings. The Morgan fingerprint density at radius 3 is 1.81 bits per heavy atom. The van der Waals surface area contributed by atoms with Gasteiger partial charge in [-0.15, -0.1) is 0 Å². The van der Waals surface area contributed by atoms with E-state index in [0.717, 1.165) is 34.6 Å². The van der Waals surface area contributed by atoms with Gasteiger partial charge in [0.1, 0.15) is 19.8 Å². The number of carbonyl (C=O) groups excluding carboxylic acids is 9. The number of nitrogens with one attached hydrogen (secondary N) is 2. The Labute approximate surface area is 350 Å². The number of carbonyl (C=O) groups is 9. The summed E-state index contributed by atoms with van der Waals surface area (Å²) in [4.78, 5) is 113. The summed E-state index contributed by atoms with van der Waals surface area (Å²) < 4.78 is 35.9. The van der Waals surface area contributed by atoms with E-state index < -0.39 is 113 Å². The Balaban J connectivity index is 3.72. The van der Waals surface area contributed by atoms with Crippen LogP contribution in [0.15, 0.2) is 18.8 Å². The average Bonchev–Trinajstić information content (AvgIpc) is 3.02. The largest absolute Gasteiger partial charge is 0.464 e. The van der Waals surface area contributed by atoms with E-state index in [9.17, 15) is 43.2 Å². The topological polar surface area (TPSA) is 242 Å². The minimum atomic E-state index is -2.08. The molecule has 6 atom stereocenters. The third-order valence-corrected chi connectivity index (χ3v) is 10.3. The van der Waals surface area contributed by atoms with Crippen LogP contribution in [0.25, 0.3) is 0 Å². The first kappa shape index (κ1) is 48.4. The van der Waals surface area contributed by atoms with Gasteiger partial charge in [-0.2, -0.15) is 0 Å². The molecule has 0 heterocycles. The molecule has 2 N–H and O–H groups in total. The Morgan fingerprint density at radius 1 is 0.792 bits per heavy atom. The second-order valence-electron chi connectivity index (χ2n) is 10.9. The predicted molar refractivity (Wildman–Crippen MR) is 207 cm³/mol. The highest BCUT2D eigenvalue weighted by atomic mass is 127. The number of rotatable bonds is 20. The van der Waals surface area contributed by atoms with Gasteiger partial charge >= 0.3 is 35.8 Å². The van der Waals surface area contributed by atoms with Gasteiger partial charge in [-0.1, -0.05) is 35.6 Å². The van der Waals surface area contributed by atoms with E-state index in [1.165, 1.54) is 6.08 Å². The molecule has 0 bridgehead atoms. The fourth-order valence-corrected chi connectivity index (χ4v) is 10.1. The van der Waals surface area contributed by atoms with Crippen LogP contribution < -0.4 is 10.6 Å². The number of hydrogen-bond acceptors (Lipinski definition) is 16. The van der Waals surface area contributed by atoms with Crippen LogP contribution in [0.5, 0.6) is 0 Å². The molecule has 22 heteroatoms. The van der Waals surface area contributed by atoms with Crippen molar-refractivity contribution in [1.82, 2.24) is 10.6 Å². The first-order chi connectivity index (χ1) is 24.7. The van der Waals surface area contributed by atoms with E-state index in [1.807, 2.05) is 45.2 Å². The van der Waals surface area contributed by atoms with Crippen LogP contribution in [0.1, 0.15) is 48.0 Å². The molecule has 1 rings (SSSR count). The summed E-state index contributed by atoms with van der Waals surface area (Å²) in [6.07, 6.45) is -4.87. The number of allylic oxidation sites excluding steroid dienone is 2. The fraction of sp³-hybridized carbons (Fsp3) is 0.581. The summed E-state index contributed by atoms with van der Waals surface area (Å²) in [5.74, 6) is -7.28. The van der Waals surface area contributed by atoms with Crippen LogP contribution >= 0.6 is 79.4 Å². The first-order valence-corrected chi connectivity index (χ1v) is 19.2. The van der Waals surface area contributed by atoms with E-state index in [4.69, 9.17) is 44.8 Å². The minimum absolute atomic E-state index is 0.0238. The summed E-state index contributed by atoms with van der Waals surface area (Å²) in [5, 5.41) is 4.14. The van der Waals surface area contributed by atoms with Crippen molar-refractivity contribution in [2.75, 3.05) is 33.0 Å². The number of amides is 2. The number of hydrogen-bond donors (Lipinski definition) is 2. The molecular formula is C31H38ClI3N2O16. The van der Waals surface area contributed by atoms with Gasteiger partial charge < -0.3 is 43.8 Å². The van der Waals surface area contributed by atoms with E-state index in [-0.39, 0.29) is 15.8 Å². The van der Waals surface area contributed by atoms with E-state index >= 15 is 0 Å². The lowest BCUT2D eigenvalue weighted by atomic mass is 9.86. The summed E-state index contributed by atoms with van der Waals surface area (Å²) in [5.41, 5.74) is -2.19. The van der Waals surface area contributed by atoms with Gasteiger partial charge in [-0.05, 0) is 63.2 Å². The molecule has 0 saturated carbocycles. The first-order valence-electron chi connectivity index (χ1n) is 15.4. The lowest BCUT2D eigenvalue weighted by Gasteiger charge is -2.40. The molecule has 6 unspecified atom stereocenters. The van der Waals surface area contributed by atoms with Crippen LogP contribution in [-0.2, 0) is 76.3 Å². The van der Waals surface area contributed by atoms with Crippen LogP contribution in [0, 0.1) is 0 Å². The number of halogens is 4. The molecule has 0 aliphatic heterocycles. The molecular weight excluding hydrogens is 1070 g/mol. The van der Waals surface area contributed by atoms with Crippen molar-refractivity contribution < 1.29 is 76.3 Å². The van der Waals surface area contributed by atoms with Crippen molar-refractivity contribution in [3.63, 3.8) is 0 Å². The summed E-state index contributed by atoms with van der Waals surface area (Å²) in [6, 6.07) is 0. The highest BCUT2D eigenvalue weighted by Gasteiger charge is 2.53. The van der Waals surface area contributed by atoms with Crippen molar-refractivity contribution in [1.29, 1.82) is 0 Å². The van der Waals surface area contributed by atoms with Crippen molar-refractivity contribution in [2.24, 2.45) is 0 Å². The maximum absolute atomic E-state index is 14.4. The Morgan fingerprint density at radius 2 is 1.32 bits per heavy atom. The predicted octanol–water partition coefficient (Wildman–Crippen LogP) is 1.81. The van der Waals surface area contributed by atoms with Crippen molar-refractivity contribution >= 4 is 132 Å². The Kier molecular flexibility index (Phi) is 21.3. The molecule has 0 aromatic heterocycles. The molecule has 0 saturated heterocycles. The minimum Gasteiger partial charge on any atom is -0.464 e. The molecule has 296 valence electrons. The normalized spacial score (nSPS) is 18.8. The lowest BCUT2D eigenvalue weighted by molar-refractivity contribution is -0.202. The standard InChI is InChI=1S/C31H38ClI3N2O16/c1-7-8-48-24(44)13-47-12-23(43)37-31(22(34)9-19(33)25(28(31)35)29(32)45)30(46)36-10-20(50-15(3)39)26(52-17(5)41)27(53-18(6)42)21(51-16(4)40)11-49-14(2)38/h9,20-22,26-27H,7-8,10-13H2,1-6H3,(H,36,46)(H,37,43). The van der Waals surface area contributed by atoms with Crippen LogP contribution in [0.4, 0.5) is 0 Å². The smallest absolute Gasteiger partial charge is 0.332 e. The number of ether oxygens (including phenoxy) is 7. The van der Waals surface area contributed by atoms with Crippen molar-refractivity contribution in [3.8, 4) is 0 Å². The Bertz CT molecular complexity index is 1500. The molecule has 1 aliphatic carbocycles. The molecule has 0 radical (unpaired) electrons. The zero-order chi connectivity index (χ0) is 40.6. The highest BCUT2D eigenvalue weighted by Crippen LogP contribution is 2.44. The molecule has 0 fully saturated rings. The molecule has 53 heavy (non-hydrogen) atoms. The summed E-state index contributed by atoms with van der Waals surface area (Å²) in [7, 11) is 0. The molecule has 0 aromatic carbocycles. The summed E-state index contributed by atoms with van der Waals surface area (Å²) >= 11 is 11.3. The Hall–Kier alpha value is -2.65. The number of alkyl halides is 1. The van der Waals surface area contributed by atoms with E-state index in [0.29, 0.717) is 10.0 Å². The third-order valence-electron chi connectivity index (χ3n) is 6.53. The number of esters is 6. The van der Waals surface area contributed by atoms with E-state index in [2.05, 4.69) is 10.6 Å². The molecule has 18 nitrogen and oxygen atoms in total. The third kappa shape index (κ3) is 15.6. The quantitative estimate of drug-likeness (QED) is 0.0581. The highest BCUT2D eigenvalue weighted by molar-refractivity contribution is 14.1. The molecule has 0 spiro atoms. The molecule has 1 aliphatic rings. The second-order valence-corrected chi connectivity index (χ2v) is 14.8. The maximum atomic E-state index is 14.4. The molecule has 2 amide bonds. The maximum Gasteiger partial charge on any atom is 0.332 e. The van der Waals surface area contributed by atoms with Crippen molar-refractivity contribution in [2.45, 2.75) is 81.8 Å². The average molecular weight is 1110 g/mol. The van der Waals surface area contributed by atoms with Gasteiger partial charge in [-0.3, -0.25) is 38.4 Å². The van der Waals surface area contributed by atoms with Crippen LogP contribution in [0.2, 0.25) is 0 Å². The lowest BCUT2D eigenvalue weighted by Crippen LogP contribution is -2.66. The van der Waals surface area contributed by atoms with Gasteiger partial charge in [0.25, 0.3) is 11.1 Å². The van der Waals surface area contributed by atoms with Crippen molar-refractivity contribution in [3.05, 3.63) is 18.8 Å². The summed E-state index contributed by atoms with van der Waals surface area (Å²) in [6.45, 7) is 4.21.